The van der Waals surface area contributed by atoms with E-state index < -0.39 is 0 Å². The maximum absolute atomic E-state index is 13.2. The normalized spacial score (nSPS) is 10.6. The quantitative estimate of drug-likeness (QED) is 0.730. The molecule has 1 aromatic heterocycles. The molecular weight excluding hydrogens is 243 g/mol. The van der Waals surface area contributed by atoms with Crippen LogP contribution in [0.15, 0.2) is 54.7 Å². The lowest BCUT2D eigenvalue weighted by Gasteiger charge is -2.09. The predicted octanol–water partition coefficient (Wildman–Crippen LogP) is 3.82. The molecule has 1 heterocycles. The van der Waals surface area contributed by atoms with Crippen molar-refractivity contribution in [1.82, 2.24) is 4.98 Å². The highest BCUT2D eigenvalue weighted by Crippen LogP contribution is 2.27. The molecule has 0 spiro atoms. The Hall–Kier alpha value is -2.62. The molecule has 2 N–H and O–H groups in total. The largest absolute Gasteiger partial charge is 0.508 e. The van der Waals surface area contributed by atoms with E-state index in [1.165, 1.54) is 12.1 Å². The summed E-state index contributed by atoms with van der Waals surface area (Å²) in [6.07, 6.45) is 1.64. The molecule has 94 valence electrons. The first kappa shape index (κ1) is 11.5. The van der Waals surface area contributed by atoms with E-state index in [0.29, 0.717) is 11.2 Å². The van der Waals surface area contributed by atoms with Crippen LogP contribution >= 0.6 is 0 Å². The van der Waals surface area contributed by atoms with Crippen molar-refractivity contribution in [3.05, 3.63) is 60.5 Å². The summed E-state index contributed by atoms with van der Waals surface area (Å²) < 4.78 is 13.2. The van der Waals surface area contributed by atoms with Crippen LogP contribution < -0.4 is 5.32 Å². The third-order valence-corrected chi connectivity index (χ3v) is 2.83. The van der Waals surface area contributed by atoms with Crippen molar-refractivity contribution in [3.8, 4) is 5.75 Å². The molecule has 0 amide bonds. The second kappa shape index (κ2) is 4.57. The summed E-state index contributed by atoms with van der Waals surface area (Å²) in [5, 5.41) is 13.4. The fraction of sp³-hybridized carbons (Fsp3) is 0. The number of nitrogens with one attached hydrogen (secondary N) is 1. The van der Waals surface area contributed by atoms with E-state index in [2.05, 4.69) is 10.3 Å². The Bertz CT molecular complexity index is 743. The summed E-state index contributed by atoms with van der Waals surface area (Å²) in [6.45, 7) is 0. The topological polar surface area (TPSA) is 45.1 Å². The van der Waals surface area contributed by atoms with Crippen LogP contribution in [0.25, 0.3) is 10.9 Å². The van der Waals surface area contributed by atoms with E-state index in [-0.39, 0.29) is 11.6 Å². The number of hydrogen-bond donors (Lipinski definition) is 2. The Balaban J connectivity index is 2.06. The Morgan fingerprint density at radius 3 is 2.79 bits per heavy atom. The van der Waals surface area contributed by atoms with Crippen LogP contribution in [0.2, 0.25) is 0 Å². The second-order valence-corrected chi connectivity index (χ2v) is 4.20. The van der Waals surface area contributed by atoms with Crippen molar-refractivity contribution in [1.29, 1.82) is 0 Å². The highest BCUT2D eigenvalue weighted by atomic mass is 19.1. The van der Waals surface area contributed by atoms with Crippen molar-refractivity contribution in [2.45, 2.75) is 0 Å². The van der Waals surface area contributed by atoms with E-state index in [4.69, 9.17) is 0 Å². The van der Waals surface area contributed by atoms with Gasteiger partial charge in [-0.3, -0.25) is 4.98 Å². The van der Waals surface area contributed by atoms with Crippen LogP contribution in [0.3, 0.4) is 0 Å². The summed E-state index contributed by atoms with van der Waals surface area (Å²) in [5.74, 6) is -0.121. The molecule has 0 radical (unpaired) electrons. The van der Waals surface area contributed by atoms with E-state index in [1.807, 2.05) is 6.07 Å². The van der Waals surface area contributed by atoms with E-state index in [9.17, 15) is 9.50 Å². The molecule has 19 heavy (non-hydrogen) atoms. The summed E-state index contributed by atoms with van der Waals surface area (Å²) in [4.78, 5) is 4.19. The van der Waals surface area contributed by atoms with Gasteiger partial charge in [0.2, 0.25) is 0 Å². The van der Waals surface area contributed by atoms with E-state index in [0.717, 1.165) is 11.1 Å². The summed E-state index contributed by atoms with van der Waals surface area (Å²) >= 11 is 0. The Labute approximate surface area is 109 Å². The van der Waals surface area contributed by atoms with Gasteiger partial charge in [0, 0.05) is 29.0 Å². The lowest BCUT2D eigenvalue weighted by molar-refractivity contribution is 0.476. The van der Waals surface area contributed by atoms with Gasteiger partial charge in [0.15, 0.2) is 0 Å². The Kier molecular flexibility index (Phi) is 2.76. The summed E-state index contributed by atoms with van der Waals surface area (Å²) in [6, 6.07) is 13.0. The maximum atomic E-state index is 13.2. The average molecular weight is 254 g/mol. The van der Waals surface area contributed by atoms with Crippen molar-refractivity contribution in [2.75, 3.05) is 5.32 Å². The first-order chi connectivity index (χ1) is 9.22. The highest BCUT2D eigenvalue weighted by molar-refractivity contribution is 5.93. The van der Waals surface area contributed by atoms with Crippen molar-refractivity contribution < 1.29 is 9.50 Å². The fourth-order valence-corrected chi connectivity index (χ4v) is 1.97. The zero-order chi connectivity index (χ0) is 13.2. The van der Waals surface area contributed by atoms with Crippen molar-refractivity contribution in [3.63, 3.8) is 0 Å². The van der Waals surface area contributed by atoms with Crippen LogP contribution in [0.4, 0.5) is 15.8 Å². The lowest BCUT2D eigenvalue weighted by Crippen LogP contribution is -1.93. The van der Waals surface area contributed by atoms with Crippen molar-refractivity contribution >= 4 is 22.3 Å². The highest BCUT2D eigenvalue weighted by Gasteiger charge is 2.03. The first-order valence-electron chi connectivity index (χ1n) is 5.83. The van der Waals surface area contributed by atoms with Gasteiger partial charge in [-0.2, -0.15) is 0 Å². The predicted molar refractivity (Wildman–Crippen MR) is 73.1 cm³/mol. The minimum Gasteiger partial charge on any atom is -0.508 e. The molecule has 0 aliphatic carbocycles. The number of pyridine rings is 1. The average Bonchev–Trinajstić information content (AvgIpc) is 2.38. The van der Waals surface area contributed by atoms with Gasteiger partial charge in [-0.25, -0.2) is 4.39 Å². The monoisotopic (exact) mass is 254 g/mol. The second-order valence-electron chi connectivity index (χ2n) is 4.20. The van der Waals surface area contributed by atoms with Crippen LogP contribution in [-0.4, -0.2) is 10.1 Å². The van der Waals surface area contributed by atoms with E-state index >= 15 is 0 Å². The summed E-state index contributed by atoms with van der Waals surface area (Å²) in [7, 11) is 0. The number of hydrogen-bond acceptors (Lipinski definition) is 3. The molecular formula is C15H11FN2O. The fourth-order valence-electron chi connectivity index (χ4n) is 1.97. The van der Waals surface area contributed by atoms with Gasteiger partial charge in [-0.1, -0.05) is 6.07 Å². The zero-order valence-corrected chi connectivity index (χ0v) is 9.97. The number of nitrogens with zero attached hydrogens (tertiary/aromatic N) is 1. The molecule has 0 aliphatic heterocycles. The number of fused-ring (bicyclic) bond motifs is 1. The van der Waals surface area contributed by atoms with Crippen LogP contribution in [0, 0.1) is 5.82 Å². The molecule has 0 atom stereocenters. The number of anilines is 2. The van der Waals surface area contributed by atoms with Crippen LogP contribution in [0.5, 0.6) is 5.75 Å². The smallest absolute Gasteiger partial charge is 0.125 e. The Morgan fingerprint density at radius 2 is 1.95 bits per heavy atom. The minimum absolute atomic E-state index is 0.169. The van der Waals surface area contributed by atoms with Gasteiger partial charge in [-0.15, -0.1) is 0 Å². The Morgan fingerprint density at radius 1 is 1.05 bits per heavy atom. The minimum atomic E-state index is -0.291. The van der Waals surface area contributed by atoms with Crippen LogP contribution in [-0.2, 0) is 0 Å². The van der Waals surface area contributed by atoms with Gasteiger partial charge in [0.05, 0.1) is 5.52 Å². The maximum Gasteiger partial charge on any atom is 0.125 e. The standard InChI is InChI=1S/C15H11FN2O/c16-10-2-1-3-11(8-10)18-14-6-7-17-15-9-12(19)4-5-13(14)15/h1-9,19H,(H,17,18). The molecule has 0 fully saturated rings. The third kappa shape index (κ3) is 2.33. The molecule has 3 aromatic rings. The lowest BCUT2D eigenvalue weighted by atomic mass is 10.1. The van der Waals surface area contributed by atoms with Gasteiger partial charge < -0.3 is 10.4 Å². The number of halogens is 1. The van der Waals surface area contributed by atoms with Gasteiger partial charge in [0.1, 0.15) is 11.6 Å². The van der Waals surface area contributed by atoms with Gasteiger partial charge in [0.25, 0.3) is 0 Å². The number of aromatic nitrogens is 1. The third-order valence-electron chi connectivity index (χ3n) is 2.83. The number of phenolic OH excluding ortho intramolecular Hbond substituents is 1. The number of rotatable bonds is 2. The number of benzene rings is 2. The molecule has 3 nitrogen and oxygen atoms in total. The molecule has 0 unspecified atom stereocenters. The number of phenols is 1. The molecule has 0 saturated carbocycles. The zero-order valence-electron chi connectivity index (χ0n) is 9.97. The molecule has 4 heteroatoms. The van der Waals surface area contributed by atoms with E-state index in [1.54, 1.807) is 36.5 Å². The SMILES string of the molecule is Oc1ccc2c(Nc3cccc(F)c3)ccnc2c1. The molecule has 0 bridgehead atoms. The molecule has 0 aliphatic rings. The molecule has 2 aromatic carbocycles. The molecule has 0 saturated heterocycles. The van der Waals surface area contributed by atoms with Crippen molar-refractivity contribution in [2.24, 2.45) is 0 Å². The summed E-state index contributed by atoms with van der Waals surface area (Å²) in [5.41, 5.74) is 2.16. The van der Waals surface area contributed by atoms with Gasteiger partial charge >= 0.3 is 0 Å². The molecule has 3 rings (SSSR count). The van der Waals surface area contributed by atoms with Gasteiger partial charge in [-0.05, 0) is 36.4 Å². The van der Waals surface area contributed by atoms with Crippen LogP contribution in [0.1, 0.15) is 0 Å². The first-order valence-corrected chi connectivity index (χ1v) is 5.83. The number of aromatic hydroxyl groups is 1.